The second-order valence-corrected chi connectivity index (χ2v) is 6.28. The number of amides is 1. The molecule has 22 heavy (non-hydrogen) atoms. The summed E-state index contributed by atoms with van der Waals surface area (Å²) in [6.45, 7) is 5.21. The molecule has 0 aromatic heterocycles. The largest absolute Gasteiger partial charge is 0.326 e. The van der Waals surface area contributed by atoms with Crippen molar-refractivity contribution < 1.29 is 13.6 Å². The molecule has 2 aromatic rings. The van der Waals surface area contributed by atoms with Crippen molar-refractivity contribution >= 4 is 11.6 Å². The molecule has 0 aliphatic rings. The molecule has 2 aromatic carbocycles. The fraction of sp³-hybridized carbons (Fsp3) is 0.278. The minimum Gasteiger partial charge on any atom is -0.326 e. The van der Waals surface area contributed by atoms with Crippen molar-refractivity contribution in [2.24, 2.45) is 0 Å². The fourth-order valence-electron chi connectivity index (χ4n) is 2.35. The van der Waals surface area contributed by atoms with E-state index < -0.39 is 17.0 Å². The van der Waals surface area contributed by atoms with Gasteiger partial charge >= 0.3 is 0 Å². The van der Waals surface area contributed by atoms with Crippen LogP contribution in [-0.4, -0.2) is 5.91 Å². The molecule has 2 nitrogen and oxygen atoms in total. The molecule has 0 saturated carbocycles. The number of hydrogen-bond donors (Lipinski definition) is 1. The summed E-state index contributed by atoms with van der Waals surface area (Å²) in [6, 6.07) is 11.5. The summed E-state index contributed by atoms with van der Waals surface area (Å²) < 4.78 is 28.2. The first kappa shape index (κ1) is 16.1. The van der Waals surface area contributed by atoms with Gasteiger partial charge in [0.2, 0.25) is 5.91 Å². The van der Waals surface area contributed by atoms with E-state index in [-0.39, 0.29) is 23.6 Å². The molecule has 2 rings (SSSR count). The standard InChI is InChI=1S/C18H19F2NO/c1-18(2,3)17-14(19)10-13(11-15(17)20)21-16(22)9-12-7-5-4-6-8-12/h4-8,10-11H,9H2,1-3H3,(H,21,22). The third-order valence-corrected chi connectivity index (χ3v) is 3.28. The van der Waals surface area contributed by atoms with Crippen LogP contribution in [0.2, 0.25) is 0 Å². The average molecular weight is 303 g/mol. The Hall–Kier alpha value is -2.23. The van der Waals surface area contributed by atoms with Crippen molar-refractivity contribution in [3.05, 3.63) is 65.2 Å². The van der Waals surface area contributed by atoms with E-state index in [1.165, 1.54) is 0 Å². The highest BCUT2D eigenvalue weighted by Crippen LogP contribution is 2.30. The normalized spacial score (nSPS) is 11.3. The molecule has 0 aliphatic heterocycles. The molecule has 4 heteroatoms. The van der Waals surface area contributed by atoms with Crippen LogP contribution in [0.3, 0.4) is 0 Å². The minimum atomic E-state index is -0.650. The maximum Gasteiger partial charge on any atom is 0.228 e. The molecule has 0 unspecified atom stereocenters. The van der Waals surface area contributed by atoms with E-state index in [9.17, 15) is 13.6 Å². The van der Waals surface area contributed by atoms with Crippen LogP contribution in [-0.2, 0) is 16.6 Å². The topological polar surface area (TPSA) is 29.1 Å². The molecule has 0 radical (unpaired) electrons. The fourth-order valence-corrected chi connectivity index (χ4v) is 2.35. The molecule has 0 fully saturated rings. The summed E-state index contributed by atoms with van der Waals surface area (Å²) in [5.41, 5.74) is 0.352. The number of benzene rings is 2. The quantitative estimate of drug-likeness (QED) is 0.892. The van der Waals surface area contributed by atoms with Gasteiger partial charge in [0.05, 0.1) is 6.42 Å². The highest BCUT2D eigenvalue weighted by atomic mass is 19.1. The van der Waals surface area contributed by atoms with Crippen LogP contribution in [0.4, 0.5) is 14.5 Å². The molecule has 0 spiro atoms. The van der Waals surface area contributed by atoms with Gasteiger partial charge in [-0.25, -0.2) is 8.78 Å². The lowest BCUT2D eigenvalue weighted by atomic mass is 9.86. The van der Waals surface area contributed by atoms with Crippen LogP contribution in [0.25, 0.3) is 0 Å². The van der Waals surface area contributed by atoms with Crippen LogP contribution in [0.15, 0.2) is 42.5 Å². The lowest BCUT2D eigenvalue weighted by Gasteiger charge is -2.21. The Morgan fingerprint density at radius 3 is 2.09 bits per heavy atom. The van der Waals surface area contributed by atoms with Crippen LogP contribution < -0.4 is 5.32 Å². The van der Waals surface area contributed by atoms with Gasteiger partial charge in [-0.05, 0) is 23.1 Å². The summed E-state index contributed by atoms with van der Waals surface area (Å²) in [4.78, 5) is 11.9. The predicted molar refractivity (Wildman–Crippen MR) is 83.8 cm³/mol. The summed E-state index contributed by atoms with van der Waals surface area (Å²) in [7, 11) is 0. The van der Waals surface area contributed by atoms with Gasteiger partial charge < -0.3 is 5.32 Å². The average Bonchev–Trinajstić information content (AvgIpc) is 2.36. The summed E-state index contributed by atoms with van der Waals surface area (Å²) in [6.07, 6.45) is 0.158. The van der Waals surface area contributed by atoms with Crippen molar-refractivity contribution in [3.63, 3.8) is 0 Å². The number of halogens is 2. The number of anilines is 1. The monoisotopic (exact) mass is 303 g/mol. The van der Waals surface area contributed by atoms with Gasteiger partial charge in [-0.1, -0.05) is 51.1 Å². The van der Waals surface area contributed by atoms with Gasteiger partial charge in [-0.3, -0.25) is 4.79 Å². The summed E-state index contributed by atoms with van der Waals surface area (Å²) in [5.74, 6) is -1.61. The predicted octanol–water partition coefficient (Wildman–Crippen LogP) is 4.44. The lowest BCUT2D eigenvalue weighted by molar-refractivity contribution is -0.115. The van der Waals surface area contributed by atoms with Gasteiger partial charge in [0.1, 0.15) is 11.6 Å². The van der Waals surface area contributed by atoms with Crippen LogP contribution in [0.5, 0.6) is 0 Å². The van der Waals surface area contributed by atoms with Crippen molar-refractivity contribution in [1.29, 1.82) is 0 Å². The van der Waals surface area contributed by atoms with E-state index >= 15 is 0 Å². The third kappa shape index (κ3) is 3.91. The maximum absolute atomic E-state index is 14.1. The molecule has 116 valence electrons. The molecule has 1 amide bonds. The Kier molecular flexibility index (Phi) is 4.59. The second-order valence-electron chi connectivity index (χ2n) is 6.28. The summed E-state index contributed by atoms with van der Waals surface area (Å²) >= 11 is 0. The Labute approximate surface area is 129 Å². The molecular weight excluding hydrogens is 284 g/mol. The van der Waals surface area contributed by atoms with E-state index in [1.54, 1.807) is 20.8 Å². The smallest absolute Gasteiger partial charge is 0.228 e. The highest BCUT2D eigenvalue weighted by Gasteiger charge is 2.24. The minimum absolute atomic E-state index is 0.0218. The SMILES string of the molecule is CC(C)(C)c1c(F)cc(NC(=O)Cc2ccccc2)cc1F. The highest BCUT2D eigenvalue weighted by molar-refractivity contribution is 5.92. The van der Waals surface area contributed by atoms with Crippen LogP contribution in [0, 0.1) is 11.6 Å². The Morgan fingerprint density at radius 2 is 1.59 bits per heavy atom. The van der Waals surface area contributed by atoms with E-state index in [4.69, 9.17) is 0 Å². The van der Waals surface area contributed by atoms with Crippen LogP contribution >= 0.6 is 0 Å². The zero-order valence-electron chi connectivity index (χ0n) is 12.9. The molecule has 0 atom stereocenters. The first-order chi connectivity index (χ1) is 10.3. The van der Waals surface area contributed by atoms with E-state index in [2.05, 4.69) is 5.32 Å². The van der Waals surface area contributed by atoms with E-state index in [1.807, 2.05) is 30.3 Å². The molecule has 0 heterocycles. The number of hydrogen-bond acceptors (Lipinski definition) is 1. The molecular formula is C18H19F2NO. The van der Waals surface area contributed by atoms with Gasteiger partial charge in [-0.2, -0.15) is 0 Å². The lowest BCUT2D eigenvalue weighted by Crippen LogP contribution is -2.18. The first-order valence-corrected chi connectivity index (χ1v) is 7.10. The number of rotatable bonds is 3. The van der Waals surface area contributed by atoms with Crippen molar-refractivity contribution in [3.8, 4) is 0 Å². The molecule has 0 aliphatic carbocycles. The van der Waals surface area contributed by atoms with Crippen LogP contribution in [0.1, 0.15) is 31.9 Å². The Bertz CT molecular complexity index is 652. The van der Waals surface area contributed by atoms with Crippen molar-refractivity contribution in [2.75, 3.05) is 5.32 Å². The Balaban J connectivity index is 2.16. The van der Waals surface area contributed by atoms with E-state index in [0.717, 1.165) is 17.7 Å². The van der Waals surface area contributed by atoms with Crippen molar-refractivity contribution in [1.82, 2.24) is 0 Å². The third-order valence-electron chi connectivity index (χ3n) is 3.28. The van der Waals surface area contributed by atoms with Gasteiger partial charge in [0.25, 0.3) is 0 Å². The van der Waals surface area contributed by atoms with Gasteiger partial charge in [-0.15, -0.1) is 0 Å². The number of carbonyl (C=O) groups is 1. The molecule has 0 bridgehead atoms. The van der Waals surface area contributed by atoms with Gasteiger partial charge in [0, 0.05) is 11.3 Å². The zero-order chi connectivity index (χ0) is 16.3. The molecule has 1 N–H and O–H groups in total. The van der Waals surface area contributed by atoms with Gasteiger partial charge in [0.15, 0.2) is 0 Å². The Morgan fingerprint density at radius 1 is 1.05 bits per heavy atom. The maximum atomic E-state index is 14.1. The summed E-state index contributed by atoms with van der Waals surface area (Å²) in [5, 5.41) is 2.53. The number of nitrogens with one attached hydrogen (secondary N) is 1. The van der Waals surface area contributed by atoms with E-state index in [0.29, 0.717) is 0 Å². The second kappa shape index (κ2) is 6.26. The zero-order valence-corrected chi connectivity index (χ0v) is 12.9. The number of carbonyl (C=O) groups excluding carboxylic acids is 1. The van der Waals surface area contributed by atoms with Crippen molar-refractivity contribution in [2.45, 2.75) is 32.6 Å². The first-order valence-electron chi connectivity index (χ1n) is 7.10. The molecule has 0 saturated heterocycles.